The fourth-order valence-corrected chi connectivity index (χ4v) is 4.66. The van der Waals surface area contributed by atoms with E-state index in [9.17, 15) is 9.59 Å². The largest absolute Gasteiger partial charge is 0.341 e. The molecular weight excluding hydrogens is 354 g/mol. The predicted molar refractivity (Wildman–Crippen MR) is 106 cm³/mol. The lowest BCUT2D eigenvalue weighted by Gasteiger charge is -2.33. The third-order valence-corrected chi connectivity index (χ3v) is 6.58. The van der Waals surface area contributed by atoms with Crippen molar-refractivity contribution < 1.29 is 9.59 Å². The van der Waals surface area contributed by atoms with Crippen LogP contribution in [0.25, 0.3) is 0 Å². The molecule has 7 nitrogen and oxygen atoms in total. The molecule has 0 bridgehead atoms. The average Bonchev–Trinajstić information content (AvgIpc) is 3.19. The number of rotatable bonds is 3. The zero-order valence-electron chi connectivity index (χ0n) is 17.1. The molecule has 0 aliphatic carbocycles. The Bertz CT molecular complexity index is 752. The molecule has 0 saturated carbocycles. The van der Waals surface area contributed by atoms with Crippen LogP contribution in [0.2, 0.25) is 0 Å². The van der Waals surface area contributed by atoms with E-state index in [1.165, 1.54) is 19.3 Å². The van der Waals surface area contributed by atoms with Crippen molar-refractivity contribution in [3.05, 3.63) is 23.3 Å². The van der Waals surface area contributed by atoms with Crippen LogP contribution in [0.3, 0.4) is 0 Å². The van der Waals surface area contributed by atoms with E-state index >= 15 is 0 Å². The van der Waals surface area contributed by atoms with Crippen LogP contribution in [-0.2, 0) is 22.6 Å². The number of nitrogens with zero attached hydrogens (tertiary/aromatic N) is 5. The summed E-state index contributed by atoms with van der Waals surface area (Å²) in [5.41, 5.74) is 2.12. The third kappa shape index (κ3) is 4.04. The molecule has 28 heavy (non-hydrogen) atoms. The molecule has 4 heterocycles. The Morgan fingerprint density at radius 2 is 2.00 bits per heavy atom. The lowest BCUT2D eigenvalue weighted by atomic mass is 10.0. The van der Waals surface area contributed by atoms with E-state index in [0.29, 0.717) is 19.1 Å². The first-order valence-corrected chi connectivity index (χ1v) is 10.6. The summed E-state index contributed by atoms with van der Waals surface area (Å²) in [6.45, 7) is 8.26. The van der Waals surface area contributed by atoms with Crippen molar-refractivity contribution in [1.29, 1.82) is 0 Å². The van der Waals surface area contributed by atoms with Crippen LogP contribution in [0.5, 0.6) is 0 Å². The number of fused-ring (bicyclic) bond motifs is 1. The molecule has 0 unspecified atom stereocenters. The van der Waals surface area contributed by atoms with Gasteiger partial charge >= 0.3 is 0 Å². The second kappa shape index (κ2) is 8.15. The second-order valence-electron chi connectivity index (χ2n) is 8.53. The van der Waals surface area contributed by atoms with Crippen LogP contribution in [0.1, 0.15) is 62.5 Å². The summed E-state index contributed by atoms with van der Waals surface area (Å²) in [4.78, 5) is 39.9. The fourth-order valence-electron chi connectivity index (χ4n) is 4.66. The van der Waals surface area contributed by atoms with Gasteiger partial charge in [0.05, 0.1) is 12.2 Å². The van der Waals surface area contributed by atoms with Gasteiger partial charge in [0.2, 0.25) is 11.8 Å². The Hall–Kier alpha value is -2.02. The fraction of sp³-hybridized carbons (Fsp3) is 0.714. The number of hydrogen-bond acceptors (Lipinski definition) is 5. The summed E-state index contributed by atoms with van der Waals surface area (Å²) in [5.74, 6) is 1.42. The number of likely N-dealkylation sites (tertiary alicyclic amines) is 2. The molecule has 1 aromatic rings. The van der Waals surface area contributed by atoms with Gasteiger partial charge in [0.25, 0.3) is 0 Å². The first kappa shape index (κ1) is 19.3. The molecule has 3 aliphatic heterocycles. The number of hydrogen-bond donors (Lipinski definition) is 0. The number of piperidine rings is 1. The van der Waals surface area contributed by atoms with Gasteiger partial charge < -0.3 is 9.80 Å². The van der Waals surface area contributed by atoms with Gasteiger partial charge in [0, 0.05) is 63.2 Å². The van der Waals surface area contributed by atoms with Crippen molar-refractivity contribution in [3.63, 3.8) is 0 Å². The molecule has 0 spiro atoms. The van der Waals surface area contributed by atoms with Gasteiger partial charge in [-0.1, -0.05) is 6.42 Å². The lowest BCUT2D eigenvalue weighted by Crippen LogP contribution is -2.45. The summed E-state index contributed by atoms with van der Waals surface area (Å²) in [6, 6.07) is 0.509. The Morgan fingerprint density at radius 1 is 1.14 bits per heavy atom. The number of carbonyl (C=O) groups excluding carboxylic acids is 2. The highest BCUT2D eigenvalue weighted by Gasteiger charge is 2.32. The second-order valence-corrected chi connectivity index (χ2v) is 8.53. The van der Waals surface area contributed by atoms with E-state index in [0.717, 1.165) is 56.1 Å². The first-order valence-electron chi connectivity index (χ1n) is 10.6. The normalized spacial score (nSPS) is 25.6. The number of carbonyl (C=O) groups is 2. The van der Waals surface area contributed by atoms with Gasteiger partial charge in [-0.3, -0.25) is 14.5 Å². The van der Waals surface area contributed by atoms with Crippen LogP contribution in [-0.4, -0.2) is 75.2 Å². The molecular formula is C21H31N5O2. The van der Waals surface area contributed by atoms with Gasteiger partial charge in [-0.15, -0.1) is 0 Å². The van der Waals surface area contributed by atoms with E-state index in [-0.39, 0.29) is 17.7 Å². The van der Waals surface area contributed by atoms with E-state index in [1.54, 1.807) is 6.92 Å². The molecule has 2 fully saturated rings. The highest BCUT2D eigenvalue weighted by atomic mass is 16.2. The van der Waals surface area contributed by atoms with Crippen molar-refractivity contribution in [2.45, 2.75) is 64.5 Å². The van der Waals surface area contributed by atoms with Crippen molar-refractivity contribution in [1.82, 2.24) is 24.7 Å². The molecule has 3 aliphatic rings. The maximum absolute atomic E-state index is 12.8. The Labute approximate surface area is 167 Å². The van der Waals surface area contributed by atoms with E-state index in [4.69, 9.17) is 4.98 Å². The number of amides is 2. The van der Waals surface area contributed by atoms with Crippen LogP contribution >= 0.6 is 0 Å². The summed E-state index contributed by atoms with van der Waals surface area (Å²) < 4.78 is 0. The van der Waals surface area contributed by atoms with Crippen LogP contribution in [0.15, 0.2) is 6.20 Å². The monoisotopic (exact) mass is 385 g/mol. The molecule has 2 atom stereocenters. The lowest BCUT2D eigenvalue weighted by molar-refractivity contribution is -0.132. The Morgan fingerprint density at radius 3 is 2.79 bits per heavy atom. The minimum Gasteiger partial charge on any atom is -0.341 e. The average molecular weight is 386 g/mol. The van der Waals surface area contributed by atoms with Crippen molar-refractivity contribution in [2.75, 3.05) is 32.7 Å². The van der Waals surface area contributed by atoms with E-state index < -0.39 is 0 Å². The molecule has 2 amide bonds. The first-order chi connectivity index (χ1) is 13.5. The minimum atomic E-state index is 0.0997. The van der Waals surface area contributed by atoms with E-state index in [2.05, 4.69) is 16.8 Å². The van der Waals surface area contributed by atoms with Gasteiger partial charge in [-0.05, 0) is 32.7 Å². The summed E-state index contributed by atoms with van der Waals surface area (Å²) in [6.07, 6.45) is 7.26. The summed E-state index contributed by atoms with van der Waals surface area (Å²) in [7, 11) is 0. The predicted octanol–water partition coefficient (Wildman–Crippen LogP) is 1.57. The Kier molecular flexibility index (Phi) is 5.62. The van der Waals surface area contributed by atoms with Crippen LogP contribution in [0.4, 0.5) is 0 Å². The topological polar surface area (TPSA) is 69.6 Å². The standard InChI is InChI=1S/C21H31N5O2/c1-15-5-3-4-8-24(15)14-20(28)26-9-6-17(12-26)21-22-11-18-13-25(16(2)27)10-7-19(18)23-21/h11,15,17H,3-10,12-14H2,1-2H3/t15-,17-/m1/s1. The molecule has 0 radical (unpaired) electrons. The SMILES string of the molecule is CC(=O)N1CCc2nc([C@@H]3CCN(C(=O)CN4CCCC[C@H]4C)C3)ncc2C1. The maximum Gasteiger partial charge on any atom is 0.236 e. The molecule has 152 valence electrons. The summed E-state index contributed by atoms with van der Waals surface area (Å²) >= 11 is 0. The molecule has 0 N–H and O–H groups in total. The minimum absolute atomic E-state index is 0.0997. The van der Waals surface area contributed by atoms with E-state index in [1.807, 2.05) is 16.0 Å². The van der Waals surface area contributed by atoms with Gasteiger partial charge in [-0.2, -0.15) is 0 Å². The quantitative estimate of drug-likeness (QED) is 0.790. The van der Waals surface area contributed by atoms with Crippen LogP contribution in [0, 0.1) is 0 Å². The molecule has 1 aromatic heterocycles. The highest BCUT2D eigenvalue weighted by Crippen LogP contribution is 2.27. The zero-order valence-corrected chi connectivity index (χ0v) is 17.1. The van der Waals surface area contributed by atoms with Gasteiger partial charge in [0.15, 0.2) is 0 Å². The van der Waals surface area contributed by atoms with Gasteiger partial charge in [-0.25, -0.2) is 9.97 Å². The molecule has 0 aromatic carbocycles. The summed E-state index contributed by atoms with van der Waals surface area (Å²) in [5, 5.41) is 0. The molecule has 4 rings (SSSR count). The van der Waals surface area contributed by atoms with Gasteiger partial charge in [0.1, 0.15) is 5.82 Å². The van der Waals surface area contributed by atoms with Crippen molar-refractivity contribution >= 4 is 11.8 Å². The smallest absolute Gasteiger partial charge is 0.236 e. The van der Waals surface area contributed by atoms with Crippen LogP contribution < -0.4 is 0 Å². The molecule has 7 heteroatoms. The van der Waals surface area contributed by atoms with Crippen molar-refractivity contribution in [2.24, 2.45) is 0 Å². The number of aromatic nitrogens is 2. The highest BCUT2D eigenvalue weighted by molar-refractivity contribution is 5.78. The third-order valence-electron chi connectivity index (χ3n) is 6.58. The molecule has 2 saturated heterocycles. The Balaban J connectivity index is 1.36. The maximum atomic E-state index is 12.8. The van der Waals surface area contributed by atoms with Crippen molar-refractivity contribution in [3.8, 4) is 0 Å². The zero-order chi connectivity index (χ0) is 19.7.